The van der Waals surface area contributed by atoms with E-state index in [9.17, 15) is 26.3 Å². The van der Waals surface area contributed by atoms with Gasteiger partial charge in [0.2, 0.25) is 0 Å². The van der Waals surface area contributed by atoms with Gasteiger partial charge in [-0.15, -0.1) is 0 Å². The van der Waals surface area contributed by atoms with Crippen molar-refractivity contribution in [3.05, 3.63) is 47.5 Å². The Kier molecular flexibility index (Phi) is 7.00. The summed E-state index contributed by atoms with van der Waals surface area (Å²) in [6, 6.07) is 7.11. The molecule has 2 aromatic rings. The Bertz CT molecular complexity index is 838. The minimum absolute atomic E-state index is 0.205. The number of anilines is 4. The molecule has 0 atom stereocenters. The van der Waals surface area contributed by atoms with Crippen molar-refractivity contribution in [2.75, 3.05) is 47.4 Å². The molecule has 2 aliphatic rings. The first kappa shape index (κ1) is 23.9. The summed E-state index contributed by atoms with van der Waals surface area (Å²) in [7, 11) is 0. The van der Waals surface area contributed by atoms with Crippen molar-refractivity contribution in [1.29, 1.82) is 0 Å². The lowest BCUT2D eigenvalue weighted by Crippen LogP contribution is -2.19. The Balaban J connectivity index is 0.000000181. The van der Waals surface area contributed by atoms with Crippen molar-refractivity contribution in [3.8, 4) is 0 Å². The molecule has 2 fully saturated rings. The van der Waals surface area contributed by atoms with E-state index in [1.54, 1.807) is 0 Å². The van der Waals surface area contributed by atoms with Crippen LogP contribution in [0.4, 0.5) is 49.1 Å². The number of hydrogen-bond acceptors (Lipinski definition) is 4. The monoisotopic (exact) mass is 460 g/mol. The highest BCUT2D eigenvalue weighted by Crippen LogP contribution is 2.36. The van der Waals surface area contributed by atoms with Gasteiger partial charge in [0.15, 0.2) is 0 Å². The second-order valence-electron chi connectivity index (χ2n) is 7.93. The van der Waals surface area contributed by atoms with Crippen LogP contribution in [0, 0.1) is 0 Å². The predicted octanol–water partition coefficient (Wildman–Crippen LogP) is 5.78. The summed E-state index contributed by atoms with van der Waals surface area (Å²) in [5, 5.41) is 0. The van der Waals surface area contributed by atoms with E-state index < -0.39 is 23.5 Å². The van der Waals surface area contributed by atoms with E-state index in [0.29, 0.717) is 11.4 Å². The third-order valence-corrected chi connectivity index (χ3v) is 5.60. The predicted molar refractivity (Wildman–Crippen MR) is 115 cm³/mol. The Labute approximate surface area is 182 Å². The molecule has 2 saturated heterocycles. The maximum Gasteiger partial charge on any atom is 0.416 e. The number of nitrogen functional groups attached to an aromatic ring is 2. The molecule has 176 valence electrons. The van der Waals surface area contributed by atoms with E-state index in [2.05, 4.69) is 0 Å². The maximum absolute atomic E-state index is 12.4. The van der Waals surface area contributed by atoms with Crippen LogP contribution >= 0.6 is 0 Å². The molecule has 4 rings (SSSR count). The smallest absolute Gasteiger partial charge is 0.397 e. The minimum Gasteiger partial charge on any atom is -0.397 e. The SMILES string of the molecule is Nc1cc(C(F)(F)F)ccc1N1CCCC1.Nc1cc(C(F)(F)F)ccc1N1CCCC1. The van der Waals surface area contributed by atoms with Crippen molar-refractivity contribution < 1.29 is 26.3 Å². The average Bonchev–Trinajstić information content (AvgIpc) is 3.41. The summed E-state index contributed by atoms with van der Waals surface area (Å²) < 4.78 is 74.4. The van der Waals surface area contributed by atoms with Gasteiger partial charge in [-0.25, -0.2) is 0 Å². The fraction of sp³-hybridized carbons (Fsp3) is 0.455. The van der Waals surface area contributed by atoms with Crippen LogP contribution in [0.1, 0.15) is 36.8 Å². The standard InChI is InChI=1S/2C11H13F3N2/c2*12-11(13,14)8-3-4-10(9(15)7-8)16-5-1-2-6-16/h2*3-4,7H,1-2,5-6,15H2. The third kappa shape index (κ3) is 5.72. The number of benzene rings is 2. The molecule has 0 bridgehead atoms. The van der Waals surface area contributed by atoms with Gasteiger partial charge in [0.1, 0.15) is 0 Å². The molecule has 0 radical (unpaired) electrons. The van der Waals surface area contributed by atoms with Crippen LogP contribution in [0.2, 0.25) is 0 Å². The van der Waals surface area contributed by atoms with Crippen LogP contribution in [-0.4, -0.2) is 26.2 Å². The second-order valence-corrected chi connectivity index (χ2v) is 7.93. The van der Waals surface area contributed by atoms with Crippen molar-refractivity contribution >= 4 is 22.7 Å². The second kappa shape index (κ2) is 9.38. The number of nitrogens with two attached hydrogens (primary N) is 2. The van der Waals surface area contributed by atoms with Gasteiger partial charge in [-0.05, 0) is 62.1 Å². The van der Waals surface area contributed by atoms with E-state index in [1.807, 2.05) is 9.80 Å². The number of alkyl halides is 6. The fourth-order valence-corrected chi connectivity index (χ4v) is 3.95. The molecule has 2 aromatic carbocycles. The molecule has 4 nitrogen and oxygen atoms in total. The van der Waals surface area contributed by atoms with Crippen molar-refractivity contribution in [2.24, 2.45) is 0 Å². The molecule has 0 spiro atoms. The van der Waals surface area contributed by atoms with E-state index in [4.69, 9.17) is 11.5 Å². The van der Waals surface area contributed by atoms with Crippen LogP contribution < -0.4 is 21.3 Å². The Morgan fingerprint density at radius 1 is 0.562 bits per heavy atom. The normalized spacial score (nSPS) is 16.8. The van der Waals surface area contributed by atoms with E-state index in [-0.39, 0.29) is 11.4 Å². The average molecular weight is 460 g/mol. The molecule has 0 aliphatic carbocycles. The molecule has 32 heavy (non-hydrogen) atoms. The molecule has 4 N–H and O–H groups in total. The topological polar surface area (TPSA) is 58.5 Å². The van der Waals surface area contributed by atoms with Gasteiger partial charge in [-0.2, -0.15) is 26.3 Å². The molecule has 10 heteroatoms. The molecule has 0 saturated carbocycles. The van der Waals surface area contributed by atoms with Gasteiger partial charge in [-0.3, -0.25) is 0 Å². The highest BCUT2D eigenvalue weighted by molar-refractivity contribution is 5.69. The summed E-state index contributed by atoms with van der Waals surface area (Å²) in [5.41, 5.74) is 11.8. The lowest BCUT2D eigenvalue weighted by atomic mass is 10.1. The highest BCUT2D eigenvalue weighted by atomic mass is 19.4. The summed E-state index contributed by atoms with van der Waals surface area (Å²) >= 11 is 0. The van der Waals surface area contributed by atoms with Gasteiger partial charge in [0, 0.05) is 26.2 Å². The van der Waals surface area contributed by atoms with Gasteiger partial charge in [0.05, 0.1) is 33.9 Å². The molecule has 0 amide bonds. The fourth-order valence-electron chi connectivity index (χ4n) is 3.95. The number of hydrogen-bond donors (Lipinski definition) is 2. The quantitative estimate of drug-likeness (QED) is 0.441. The van der Waals surface area contributed by atoms with Crippen molar-refractivity contribution in [3.63, 3.8) is 0 Å². The van der Waals surface area contributed by atoms with Crippen LogP contribution in [-0.2, 0) is 12.4 Å². The van der Waals surface area contributed by atoms with Gasteiger partial charge in [-0.1, -0.05) is 0 Å². The van der Waals surface area contributed by atoms with E-state index in [0.717, 1.165) is 76.1 Å². The summed E-state index contributed by atoms with van der Waals surface area (Å²) in [4.78, 5) is 4.05. The Morgan fingerprint density at radius 2 is 0.875 bits per heavy atom. The lowest BCUT2D eigenvalue weighted by molar-refractivity contribution is -0.138. The lowest BCUT2D eigenvalue weighted by Gasteiger charge is -2.20. The number of rotatable bonds is 2. The highest BCUT2D eigenvalue weighted by Gasteiger charge is 2.32. The van der Waals surface area contributed by atoms with Crippen molar-refractivity contribution in [1.82, 2.24) is 0 Å². The first-order chi connectivity index (χ1) is 15.0. The van der Waals surface area contributed by atoms with E-state index >= 15 is 0 Å². The zero-order valence-corrected chi connectivity index (χ0v) is 17.4. The largest absolute Gasteiger partial charge is 0.416 e. The molecular formula is C22H26F6N4. The molecular weight excluding hydrogens is 434 g/mol. The Morgan fingerprint density at radius 3 is 1.12 bits per heavy atom. The maximum atomic E-state index is 12.4. The van der Waals surface area contributed by atoms with Crippen LogP contribution in [0.5, 0.6) is 0 Å². The molecule has 0 aromatic heterocycles. The van der Waals surface area contributed by atoms with Gasteiger partial charge in [0.25, 0.3) is 0 Å². The Hall–Kier alpha value is -2.78. The first-order valence-corrected chi connectivity index (χ1v) is 10.4. The third-order valence-electron chi connectivity index (χ3n) is 5.60. The van der Waals surface area contributed by atoms with Gasteiger partial charge >= 0.3 is 12.4 Å². The summed E-state index contributed by atoms with van der Waals surface area (Å²) in [6.45, 7) is 3.48. The first-order valence-electron chi connectivity index (χ1n) is 10.4. The summed E-state index contributed by atoms with van der Waals surface area (Å²) in [6.07, 6.45) is -4.36. The van der Waals surface area contributed by atoms with E-state index in [1.165, 1.54) is 12.1 Å². The number of nitrogens with zero attached hydrogens (tertiary/aromatic N) is 2. The summed E-state index contributed by atoms with van der Waals surface area (Å²) in [5.74, 6) is 0. The van der Waals surface area contributed by atoms with Crippen LogP contribution in [0.25, 0.3) is 0 Å². The van der Waals surface area contributed by atoms with Gasteiger partial charge < -0.3 is 21.3 Å². The zero-order valence-electron chi connectivity index (χ0n) is 17.4. The van der Waals surface area contributed by atoms with Crippen LogP contribution in [0.15, 0.2) is 36.4 Å². The minimum atomic E-state index is -4.32. The zero-order chi connectivity index (χ0) is 23.5. The molecule has 0 unspecified atom stereocenters. The molecule has 2 heterocycles. The van der Waals surface area contributed by atoms with Crippen molar-refractivity contribution in [2.45, 2.75) is 38.0 Å². The number of halogens is 6. The molecule has 2 aliphatic heterocycles. The van der Waals surface area contributed by atoms with Crippen LogP contribution in [0.3, 0.4) is 0 Å².